The highest BCUT2D eigenvalue weighted by Gasteiger charge is 2.43. The molecule has 1 saturated heterocycles. The molecule has 5 heteroatoms. The SMILES string of the molecule is Cc1cccc(C[C@@H](O)/C=C/[C@@H]2[C@H]3CC(COCCC(=O)N4CCCCC4)=C[C@H]3C[C@H]2O)c1. The molecule has 2 fully saturated rings. The fraction of sp³-hybridized carbons (Fsp3) is 0.607. The molecular formula is C28H39NO4. The molecule has 1 amide bonds. The summed E-state index contributed by atoms with van der Waals surface area (Å²) in [5.41, 5.74) is 3.60. The monoisotopic (exact) mass is 453 g/mol. The number of allylic oxidation sites excluding steroid dienone is 1. The van der Waals surface area contributed by atoms with Crippen LogP contribution in [0, 0.1) is 24.7 Å². The third kappa shape index (κ3) is 6.56. The zero-order chi connectivity index (χ0) is 23.2. The molecule has 0 radical (unpaired) electrons. The number of amides is 1. The topological polar surface area (TPSA) is 70.0 Å². The van der Waals surface area contributed by atoms with Crippen molar-refractivity contribution in [3.63, 3.8) is 0 Å². The Balaban J connectivity index is 1.21. The summed E-state index contributed by atoms with van der Waals surface area (Å²) < 4.78 is 5.84. The third-order valence-corrected chi connectivity index (χ3v) is 7.49. The van der Waals surface area contributed by atoms with E-state index in [9.17, 15) is 15.0 Å². The third-order valence-electron chi connectivity index (χ3n) is 7.49. The zero-order valence-corrected chi connectivity index (χ0v) is 19.9. The fourth-order valence-corrected chi connectivity index (χ4v) is 5.78. The molecule has 1 aromatic carbocycles. The van der Waals surface area contributed by atoms with Crippen molar-refractivity contribution in [3.05, 3.63) is 59.2 Å². The molecule has 2 N–H and O–H groups in total. The van der Waals surface area contributed by atoms with Crippen molar-refractivity contribution in [2.45, 2.75) is 64.1 Å². The molecule has 180 valence electrons. The number of benzene rings is 1. The smallest absolute Gasteiger partial charge is 0.224 e. The van der Waals surface area contributed by atoms with Crippen LogP contribution in [0.3, 0.4) is 0 Å². The molecule has 0 spiro atoms. The molecule has 1 heterocycles. The predicted octanol–water partition coefficient (Wildman–Crippen LogP) is 3.82. The van der Waals surface area contributed by atoms with E-state index in [2.05, 4.69) is 25.1 Å². The summed E-state index contributed by atoms with van der Waals surface area (Å²) in [6.07, 6.45) is 11.5. The summed E-state index contributed by atoms with van der Waals surface area (Å²) in [4.78, 5) is 14.2. The van der Waals surface area contributed by atoms with E-state index >= 15 is 0 Å². The molecule has 5 nitrogen and oxygen atoms in total. The van der Waals surface area contributed by atoms with Gasteiger partial charge in [0, 0.05) is 25.4 Å². The van der Waals surface area contributed by atoms with Gasteiger partial charge in [-0.15, -0.1) is 0 Å². The minimum absolute atomic E-state index is 0.0663. The van der Waals surface area contributed by atoms with Crippen LogP contribution in [0.25, 0.3) is 0 Å². The maximum absolute atomic E-state index is 12.3. The highest BCUT2D eigenvalue weighted by Crippen LogP contribution is 2.47. The van der Waals surface area contributed by atoms with Gasteiger partial charge in [0.25, 0.3) is 0 Å². The van der Waals surface area contributed by atoms with E-state index in [1.54, 1.807) is 0 Å². The van der Waals surface area contributed by atoms with Crippen molar-refractivity contribution in [1.29, 1.82) is 0 Å². The van der Waals surface area contributed by atoms with Gasteiger partial charge in [-0.1, -0.05) is 48.1 Å². The Hall–Kier alpha value is -1.95. The maximum Gasteiger partial charge on any atom is 0.224 e. The van der Waals surface area contributed by atoms with Gasteiger partial charge in [-0.05, 0) is 62.0 Å². The summed E-state index contributed by atoms with van der Waals surface area (Å²) in [5.74, 6) is 1.02. The van der Waals surface area contributed by atoms with Crippen LogP contribution < -0.4 is 0 Å². The van der Waals surface area contributed by atoms with E-state index < -0.39 is 6.10 Å². The molecule has 33 heavy (non-hydrogen) atoms. The lowest BCUT2D eigenvalue weighted by molar-refractivity contribution is -0.133. The van der Waals surface area contributed by atoms with Crippen LogP contribution in [-0.4, -0.2) is 59.5 Å². The van der Waals surface area contributed by atoms with Crippen molar-refractivity contribution >= 4 is 5.91 Å². The van der Waals surface area contributed by atoms with E-state index in [0.717, 1.165) is 44.3 Å². The Morgan fingerprint density at radius 1 is 1.27 bits per heavy atom. The van der Waals surface area contributed by atoms with Crippen LogP contribution in [0.1, 0.15) is 49.7 Å². The average molecular weight is 454 g/mol. The molecule has 0 bridgehead atoms. The lowest BCUT2D eigenvalue weighted by Crippen LogP contribution is -2.36. The van der Waals surface area contributed by atoms with Gasteiger partial charge >= 0.3 is 0 Å². The first kappa shape index (κ1) is 24.2. The second-order valence-electron chi connectivity index (χ2n) is 10.1. The number of nitrogens with zero attached hydrogens (tertiary/aromatic N) is 1. The van der Waals surface area contributed by atoms with Gasteiger partial charge in [-0.2, -0.15) is 0 Å². The van der Waals surface area contributed by atoms with Crippen molar-refractivity contribution in [3.8, 4) is 0 Å². The summed E-state index contributed by atoms with van der Waals surface area (Å²) >= 11 is 0. The largest absolute Gasteiger partial charge is 0.392 e. The fourth-order valence-electron chi connectivity index (χ4n) is 5.78. The lowest BCUT2D eigenvalue weighted by Gasteiger charge is -2.26. The van der Waals surface area contributed by atoms with Crippen molar-refractivity contribution in [2.75, 3.05) is 26.3 Å². The van der Waals surface area contributed by atoms with Gasteiger partial charge in [0.05, 0.1) is 31.8 Å². The number of aryl methyl sites for hydroxylation is 1. The van der Waals surface area contributed by atoms with Crippen molar-refractivity contribution in [2.24, 2.45) is 17.8 Å². The van der Waals surface area contributed by atoms with Gasteiger partial charge in [0.1, 0.15) is 0 Å². The van der Waals surface area contributed by atoms with E-state index in [-0.39, 0.29) is 17.9 Å². The van der Waals surface area contributed by atoms with Crippen LogP contribution in [0.15, 0.2) is 48.1 Å². The summed E-state index contributed by atoms with van der Waals surface area (Å²) in [6.45, 7) is 4.89. The summed E-state index contributed by atoms with van der Waals surface area (Å²) in [7, 11) is 0. The van der Waals surface area contributed by atoms with Crippen LogP contribution >= 0.6 is 0 Å². The van der Waals surface area contributed by atoms with Gasteiger partial charge in [0.15, 0.2) is 0 Å². The quantitative estimate of drug-likeness (QED) is 0.441. The van der Waals surface area contributed by atoms with Gasteiger partial charge in [-0.25, -0.2) is 0 Å². The first-order chi connectivity index (χ1) is 16.0. The Morgan fingerprint density at radius 2 is 2.09 bits per heavy atom. The van der Waals surface area contributed by atoms with Crippen molar-refractivity contribution in [1.82, 2.24) is 4.90 Å². The number of aliphatic hydroxyl groups excluding tert-OH is 2. The molecule has 0 unspecified atom stereocenters. The van der Waals surface area contributed by atoms with Crippen molar-refractivity contribution < 1.29 is 19.7 Å². The second-order valence-corrected chi connectivity index (χ2v) is 10.1. The summed E-state index contributed by atoms with van der Waals surface area (Å²) in [5, 5.41) is 21.1. The number of rotatable bonds is 9. The molecule has 0 aromatic heterocycles. The molecule has 1 saturated carbocycles. The average Bonchev–Trinajstić information content (AvgIpc) is 3.32. The highest BCUT2D eigenvalue weighted by molar-refractivity contribution is 5.76. The number of fused-ring (bicyclic) bond motifs is 1. The van der Waals surface area contributed by atoms with E-state index in [4.69, 9.17) is 4.74 Å². The number of carbonyl (C=O) groups is 1. The minimum atomic E-state index is -0.548. The lowest BCUT2D eigenvalue weighted by atomic mass is 9.89. The number of likely N-dealkylation sites (tertiary alicyclic amines) is 1. The Labute approximate surface area is 198 Å². The van der Waals surface area contributed by atoms with E-state index in [0.29, 0.717) is 37.9 Å². The number of carbonyl (C=O) groups excluding carboxylic acids is 1. The van der Waals surface area contributed by atoms with E-state index in [1.807, 2.05) is 29.2 Å². The molecule has 1 aliphatic heterocycles. The second kappa shape index (κ2) is 11.5. The number of ether oxygens (including phenoxy) is 1. The predicted molar refractivity (Wildman–Crippen MR) is 130 cm³/mol. The molecule has 4 rings (SSSR count). The Morgan fingerprint density at radius 3 is 2.88 bits per heavy atom. The molecule has 5 atom stereocenters. The Kier molecular flexibility index (Phi) is 8.39. The first-order valence-corrected chi connectivity index (χ1v) is 12.6. The van der Waals surface area contributed by atoms with Crippen LogP contribution in [0.5, 0.6) is 0 Å². The van der Waals surface area contributed by atoms with Crippen LogP contribution in [0.4, 0.5) is 0 Å². The highest BCUT2D eigenvalue weighted by atomic mass is 16.5. The number of aliphatic hydroxyl groups is 2. The maximum atomic E-state index is 12.3. The first-order valence-electron chi connectivity index (χ1n) is 12.6. The molecule has 3 aliphatic rings. The standard InChI is InChI=1S/C28H39NO4/c1-20-6-5-7-21(14-20)16-24(30)8-9-25-26-17-22(15-23(26)18-27(25)31)19-33-13-10-28(32)29-11-3-2-4-12-29/h5-9,14-15,23-27,30-31H,2-4,10-13,16-19H2,1H3/b9-8+/t23-,24-,25+,26-,27+/m0/s1. The van der Waals surface area contributed by atoms with Crippen LogP contribution in [0.2, 0.25) is 0 Å². The molecule has 1 aromatic rings. The number of hydrogen-bond acceptors (Lipinski definition) is 4. The molecular weight excluding hydrogens is 414 g/mol. The summed E-state index contributed by atoms with van der Waals surface area (Å²) in [6, 6.07) is 8.22. The number of piperidine rings is 1. The normalized spacial score (nSPS) is 28.2. The van der Waals surface area contributed by atoms with E-state index in [1.165, 1.54) is 17.6 Å². The Bertz CT molecular complexity index is 857. The number of hydrogen-bond donors (Lipinski definition) is 2. The van der Waals surface area contributed by atoms with Gasteiger partial charge < -0.3 is 19.8 Å². The molecule has 2 aliphatic carbocycles. The zero-order valence-electron chi connectivity index (χ0n) is 19.9. The van der Waals surface area contributed by atoms with Gasteiger partial charge in [-0.3, -0.25) is 4.79 Å². The van der Waals surface area contributed by atoms with Gasteiger partial charge in [0.2, 0.25) is 5.91 Å². The minimum Gasteiger partial charge on any atom is -0.392 e. The van der Waals surface area contributed by atoms with Crippen LogP contribution in [-0.2, 0) is 16.0 Å².